The Hall–Kier alpha value is -1.20. The van der Waals surface area contributed by atoms with Gasteiger partial charge in [-0.2, -0.15) is 0 Å². The molecule has 0 radical (unpaired) electrons. The van der Waals surface area contributed by atoms with Crippen molar-refractivity contribution in [3.8, 4) is 0 Å². The maximum atomic E-state index is 6.16. The zero-order chi connectivity index (χ0) is 17.1. The number of anilines is 1. The van der Waals surface area contributed by atoms with Crippen molar-refractivity contribution in [3.63, 3.8) is 0 Å². The van der Waals surface area contributed by atoms with Crippen molar-refractivity contribution < 1.29 is 9.47 Å². The minimum Gasteiger partial charge on any atom is -0.376 e. The zero-order valence-corrected chi connectivity index (χ0v) is 15.5. The van der Waals surface area contributed by atoms with Gasteiger partial charge in [0.05, 0.1) is 18.8 Å². The zero-order valence-electron chi connectivity index (χ0n) is 15.5. The van der Waals surface area contributed by atoms with Gasteiger partial charge in [0.2, 0.25) is 0 Å². The van der Waals surface area contributed by atoms with Crippen LogP contribution >= 0.6 is 0 Å². The van der Waals surface area contributed by atoms with Crippen LogP contribution < -0.4 is 4.90 Å². The summed E-state index contributed by atoms with van der Waals surface area (Å²) in [5.74, 6) is 2.12. The molecule has 5 nitrogen and oxygen atoms in total. The third-order valence-corrected chi connectivity index (χ3v) is 5.81. The Morgan fingerprint density at radius 2 is 1.88 bits per heavy atom. The molecular weight excluding hydrogens is 314 g/mol. The third-order valence-electron chi connectivity index (χ3n) is 5.81. The number of hydrogen-bond donors (Lipinski definition) is 0. The van der Waals surface area contributed by atoms with E-state index in [9.17, 15) is 0 Å². The van der Waals surface area contributed by atoms with Crippen molar-refractivity contribution in [3.05, 3.63) is 17.1 Å². The Kier molecular flexibility index (Phi) is 5.51. The molecule has 3 aliphatic rings. The summed E-state index contributed by atoms with van der Waals surface area (Å²) in [6, 6.07) is 0. The lowest BCUT2D eigenvalue weighted by atomic mass is 9.95. The van der Waals surface area contributed by atoms with E-state index in [1.165, 1.54) is 42.8 Å². The summed E-state index contributed by atoms with van der Waals surface area (Å²) in [6.07, 6.45) is 11.3. The molecule has 2 saturated heterocycles. The molecule has 0 aromatic carbocycles. The molecular formula is C20H31N3O2. The SMILES string of the molecule is Cc1nc2c(c(N3CCC(OC[C@H]4CCCCO4)CC3)n1)CCCC2. The van der Waals surface area contributed by atoms with Crippen LogP contribution in [0.5, 0.6) is 0 Å². The molecule has 0 N–H and O–H groups in total. The average Bonchev–Trinajstić information content (AvgIpc) is 2.67. The van der Waals surface area contributed by atoms with Gasteiger partial charge in [-0.05, 0) is 64.7 Å². The standard InChI is InChI=1S/C20H31N3O2/c1-15-21-19-8-3-2-7-18(19)20(22-15)23-11-9-16(10-12-23)25-14-17-6-4-5-13-24-17/h16-17H,2-14H2,1H3/t17-/m1/s1. The molecule has 1 aromatic heterocycles. The lowest BCUT2D eigenvalue weighted by molar-refractivity contribution is -0.0672. The van der Waals surface area contributed by atoms with Crippen LogP contribution in [0.15, 0.2) is 0 Å². The molecule has 2 aliphatic heterocycles. The van der Waals surface area contributed by atoms with Gasteiger partial charge in [0.1, 0.15) is 11.6 Å². The molecule has 0 unspecified atom stereocenters. The number of aryl methyl sites for hydroxylation is 2. The van der Waals surface area contributed by atoms with Gasteiger partial charge in [0.15, 0.2) is 0 Å². The van der Waals surface area contributed by atoms with E-state index in [1.807, 2.05) is 6.92 Å². The maximum Gasteiger partial charge on any atom is 0.135 e. The second kappa shape index (κ2) is 8.00. The molecule has 0 spiro atoms. The van der Waals surface area contributed by atoms with Crippen molar-refractivity contribution in [2.45, 2.75) is 76.9 Å². The summed E-state index contributed by atoms with van der Waals surface area (Å²) in [6.45, 7) is 5.79. The summed E-state index contributed by atoms with van der Waals surface area (Å²) in [4.78, 5) is 12.0. The van der Waals surface area contributed by atoms with Gasteiger partial charge in [-0.15, -0.1) is 0 Å². The molecule has 0 bridgehead atoms. The van der Waals surface area contributed by atoms with E-state index in [0.29, 0.717) is 12.2 Å². The van der Waals surface area contributed by atoms with E-state index < -0.39 is 0 Å². The molecule has 4 rings (SSSR count). The summed E-state index contributed by atoms with van der Waals surface area (Å²) < 4.78 is 11.9. The number of ether oxygens (including phenoxy) is 2. The summed E-state index contributed by atoms with van der Waals surface area (Å²) >= 11 is 0. The minimum absolute atomic E-state index is 0.323. The first kappa shape index (κ1) is 17.2. The van der Waals surface area contributed by atoms with Crippen LogP contribution in [-0.2, 0) is 22.3 Å². The van der Waals surface area contributed by atoms with Gasteiger partial charge in [-0.3, -0.25) is 0 Å². The maximum absolute atomic E-state index is 6.16. The lowest BCUT2D eigenvalue weighted by Crippen LogP contribution is -2.39. The van der Waals surface area contributed by atoms with Crippen LogP contribution in [0.3, 0.4) is 0 Å². The second-order valence-corrected chi connectivity index (χ2v) is 7.74. The topological polar surface area (TPSA) is 47.5 Å². The van der Waals surface area contributed by atoms with Gasteiger partial charge in [-0.1, -0.05) is 0 Å². The minimum atomic E-state index is 0.323. The highest BCUT2D eigenvalue weighted by molar-refractivity contribution is 5.50. The molecule has 1 aromatic rings. The normalized spacial score (nSPS) is 25.0. The molecule has 1 atom stereocenters. The quantitative estimate of drug-likeness (QED) is 0.838. The number of rotatable bonds is 4. The smallest absolute Gasteiger partial charge is 0.135 e. The van der Waals surface area contributed by atoms with Gasteiger partial charge < -0.3 is 14.4 Å². The van der Waals surface area contributed by atoms with Gasteiger partial charge in [0.25, 0.3) is 0 Å². The lowest BCUT2D eigenvalue weighted by Gasteiger charge is -2.35. The van der Waals surface area contributed by atoms with E-state index in [2.05, 4.69) is 9.88 Å². The molecule has 2 fully saturated rings. The number of hydrogen-bond acceptors (Lipinski definition) is 5. The highest BCUT2D eigenvalue weighted by atomic mass is 16.5. The monoisotopic (exact) mass is 345 g/mol. The summed E-state index contributed by atoms with van der Waals surface area (Å²) in [5, 5.41) is 0. The summed E-state index contributed by atoms with van der Waals surface area (Å²) in [7, 11) is 0. The van der Waals surface area contributed by atoms with Crippen molar-refractivity contribution in [1.29, 1.82) is 0 Å². The van der Waals surface area contributed by atoms with E-state index in [4.69, 9.17) is 14.5 Å². The average molecular weight is 345 g/mol. The van der Waals surface area contributed by atoms with E-state index in [1.54, 1.807) is 0 Å². The molecule has 138 valence electrons. The Balaban J connectivity index is 1.33. The predicted molar refractivity (Wildman–Crippen MR) is 98.2 cm³/mol. The molecule has 1 aliphatic carbocycles. The molecule has 5 heteroatoms. The summed E-state index contributed by atoms with van der Waals surface area (Å²) in [5.41, 5.74) is 2.70. The highest BCUT2D eigenvalue weighted by Crippen LogP contribution is 2.30. The van der Waals surface area contributed by atoms with Gasteiger partial charge in [0, 0.05) is 31.0 Å². The first-order valence-electron chi connectivity index (χ1n) is 10.1. The first-order valence-corrected chi connectivity index (χ1v) is 10.1. The fourth-order valence-electron chi connectivity index (χ4n) is 4.37. The fraction of sp³-hybridized carbons (Fsp3) is 0.800. The molecule has 0 amide bonds. The first-order chi connectivity index (χ1) is 12.3. The number of nitrogens with zero attached hydrogens (tertiary/aromatic N) is 3. The van der Waals surface area contributed by atoms with Crippen LogP contribution in [0, 0.1) is 6.92 Å². The van der Waals surface area contributed by atoms with Crippen LogP contribution in [0.2, 0.25) is 0 Å². The Bertz CT molecular complexity index is 579. The number of aromatic nitrogens is 2. The van der Waals surface area contributed by atoms with Crippen LogP contribution in [0.4, 0.5) is 5.82 Å². The predicted octanol–water partition coefficient (Wildman–Crippen LogP) is 3.22. The van der Waals surface area contributed by atoms with Crippen molar-refractivity contribution in [2.24, 2.45) is 0 Å². The van der Waals surface area contributed by atoms with Gasteiger partial charge >= 0.3 is 0 Å². The molecule has 25 heavy (non-hydrogen) atoms. The van der Waals surface area contributed by atoms with E-state index >= 15 is 0 Å². The van der Waals surface area contributed by atoms with Crippen LogP contribution in [0.25, 0.3) is 0 Å². The Labute approximate surface area is 151 Å². The Morgan fingerprint density at radius 3 is 2.68 bits per heavy atom. The Morgan fingerprint density at radius 1 is 1.04 bits per heavy atom. The molecule has 0 saturated carbocycles. The molecule has 3 heterocycles. The van der Waals surface area contributed by atoms with Crippen LogP contribution in [0.1, 0.15) is 62.0 Å². The largest absolute Gasteiger partial charge is 0.376 e. The fourth-order valence-corrected chi connectivity index (χ4v) is 4.37. The second-order valence-electron chi connectivity index (χ2n) is 7.74. The third kappa shape index (κ3) is 4.14. The van der Waals surface area contributed by atoms with Crippen LogP contribution in [-0.4, -0.2) is 48.5 Å². The van der Waals surface area contributed by atoms with Crippen molar-refractivity contribution in [2.75, 3.05) is 31.2 Å². The number of piperidine rings is 1. The van der Waals surface area contributed by atoms with Crippen molar-refractivity contribution in [1.82, 2.24) is 9.97 Å². The van der Waals surface area contributed by atoms with E-state index in [0.717, 1.165) is 64.2 Å². The number of fused-ring (bicyclic) bond motifs is 1. The highest BCUT2D eigenvalue weighted by Gasteiger charge is 2.26. The van der Waals surface area contributed by atoms with Gasteiger partial charge in [-0.25, -0.2) is 9.97 Å². The van der Waals surface area contributed by atoms with Crippen molar-refractivity contribution >= 4 is 5.82 Å². The van der Waals surface area contributed by atoms with E-state index in [-0.39, 0.29) is 0 Å².